The van der Waals surface area contributed by atoms with Gasteiger partial charge in [-0.1, -0.05) is 0 Å². The predicted octanol–water partition coefficient (Wildman–Crippen LogP) is -0.0117. The third-order valence-corrected chi connectivity index (χ3v) is 2.50. The second-order valence-corrected chi connectivity index (χ2v) is 3.70. The van der Waals surface area contributed by atoms with Crippen molar-refractivity contribution in [3.63, 3.8) is 0 Å². The van der Waals surface area contributed by atoms with Crippen LogP contribution in [0.1, 0.15) is 19.3 Å². The van der Waals surface area contributed by atoms with Crippen molar-refractivity contribution in [1.29, 1.82) is 5.26 Å². The number of hydrogen-bond donors (Lipinski definition) is 2. The van der Waals surface area contributed by atoms with Crippen molar-refractivity contribution < 1.29 is 9.90 Å². The Hall–Kier alpha value is -1.54. The van der Waals surface area contributed by atoms with Gasteiger partial charge in [-0.15, -0.1) is 0 Å². The summed E-state index contributed by atoms with van der Waals surface area (Å²) in [5.41, 5.74) is 0.107. The SMILES string of the molecule is N#C/C(=C/NCCO)C(=O)N1CCCCC1. The molecule has 1 fully saturated rings. The Balaban J connectivity index is 2.54. The molecule has 0 aromatic heterocycles. The highest BCUT2D eigenvalue weighted by Crippen LogP contribution is 2.11. The molecule has 0 saturated carbocycles. The maximum atomic E-state index is 11.9. The number of amides is 1. The molecule has 0 radical (unpaired) electrons. The van der Waals surface area contributed by atoms with Gasteiger partial charge in [0.2, 0.25) is 0 Å². The van der Waals surface area contributed by atoms with Crippen molar-refractivity contribution in [2.75, 3.05) is 26.2 Å². The van der Waals surface area contributed by atoms with Gasteiger partial charge in [0, 0.05) is 25.8 Å². The van der Waals surface area contributed by atoms with Crippen LogP contribution in [0, 0.1) is 11.3 Å². The average Bonchev–Trinajstić information content (AvgIpc) is 2.35. The van der Waals surface area contributed by atoms with Gasteiger partial charge in [0.25, 0.3) is 5.91 Å². The van der Waals surface area contributed by atoms with Crippen molar-refractivity contribution in [3.05, 3.63) is 11.8 Å². The number of carbonyl (C=O) groups is 1. The molecule has 1 heterocycles. The summed E-state index contributed by atoms with van der Waals surface area (Å²) in [6, 6.07) is 1.88. The molecule has 5 nitrogen and oxygen atoms in total. The van der Waals surface area contributed by atoms with Crippen molar-refractivity contribution >= 4 is 5.91 Å². The number of hydrogen-bond acceptors (Lipinski definition) is 4. The largest absolute Gasteiger partial charge is 0.395 e. The van der Waals surface area contributed by atoms with E-state index in [9.17, 15) is 4.79 Å². The smallest absolute Gasteiger partial charge is 0.265 e. The summed E-state index contributed by atoms with van der Waals surface area (Å²) in [5, 5.41) is 20.2. The number of aliphatic hydroxyl groups excluding tert-OH is 1. The predicted molar refractivity (Wildman–Crippen MR) is 59.2 cm³/mol. The van der Waals surface area contributed by atoms with E-state index in [0.29, 0.717) is 6.54 Å². The number of nitriles is 1. The molecule has 0 bridgehead atoms. The van der Waals surface area contributed by atoms with Gasteiger partial charge in [-0.3, -0.25) is 4.79 Å². The van der Waals surface area contributed by atoms with E-state index in [-0.39, 0.29) is 18.1 Å². The van der Waals surface area contributed by atoms with Gasteiger partial charge in [0.15, 0.2) is 0 Å². The Morgan fingerprint density at radius 1 is 1.44 bits per heavy atom. The van der Waals surface area contributed by atoms with Gasteiger partial charge in [0.1, 0.15) is 11.6 Å². The molecule has 2 N–H and O–H groups in total. The van der Waals surface area contributed by atoms with Crippen LogP contribution in [0.15, 0.2) is 11.8 Å². The number of rotatable bonds is 4. The Bertz CT molecular complexity index is 301. The summed E-state index contributed by atoms with van der Waals surface area (Å²) in [7, 11) is 0. The van der Waals surface area contributed by atoms with Crippen molar-refractivity contribution in [2.45, 2.75) is 19.3 Å². The molecule has 0 spiro atoms. The molecule has 1 saturated heterocycles. The second-order valence-electron chi connectivity index (χ2n) is 3.70. The molecular weight excluding hydrogens is 206 g/mol. The first-order valence-corrected chi connectivity index (χ1v) is 5.53. The summed E-state index contributed by atoms with van der Waals surface area (Å²) >= 11 is 0. The summed E-state index contributed by atoms with van der Waals surface area (Å²) in [4.78, 5) is 13.6. The lowest BCUT2D eigenvalue weighted by Gasteiger charge is -2.26. The highest BCUT2D eigenvalue weighted by Gasteiger charge is 2.19. The molecule has 1 aliphatic heterocycles. The fraction of sp³-hybridized carbons (Fsp3) is 0.636. The molecule has 0 aliphatic carbocycles. The zero-order valence-electron chi connectivity index (χ0n) is 9.28. The van der Waals surface area contributed by atoms with Gasteiger partial charge in [-0.25, -0.2) is 0 Å². The minimum Gasteiger partial charge on any atom is -0.395 e. The van der Waals surface area contributed by atoms with Crippen LogP contribution in [0.3, 0.4) is 0 Å². The van der Waals surface area contributed by atoms with E-state index in [1.807, 2.05) is 6.07 Å². The maximum absolute atomic E-state index is 11.9. The molecule has 5 heteroatoms. The molecule has 88 valence electrons. The van der Waals surface area contributed by atoms with E-state index in [2.05, 4.69) is 5.32 Å². The van der Waals surface area contributed by atoms with E-state index < -0.39 is 0 Å². The van der Waals surface area contributed by atoms with Crippen LogP contribution in [0.5, 0.6) is 0 Å². The van der Waals surface area contributed by atoms with Gasteiger partial charge >= 0.3 is 0 Å². The summed E-state index contributed by atoms with van der Waals surface area (Å²) < 4.78 is 0. The van der Waals surface area contributed by atoms with Gasteiger partial charge in [-0.2, -0.15) is 5.26 Å². The van der Waals surface area contributed by atoms with Crippen LogP contribution in [-0.4, -0.2) is 42.2 Å². The molecule has 0 aromatic rings. The topological polar surface area (TPSA) is 76.4 Å². The second kappa shape index (κ2) is 6.85. The lowest BCUT2D eigenvalue weighted by Crippen LogP contribution is -2.36. The van der Waals surface area contributed by atoms with Gasteiger partial charge in [0.05, 0.1) is 6.61 Å². The first-order chi connectivity index (χ1) is 7.79. The van der Waals surface area contributed by atoms with E-state index in [0.717, 1.165) is 32.4 Å². The van der Waals surface area contributed by atoms with Crippen LogP contribution in [0.25, 0.3) is 0 Å². The normalized spacial score (nSPS) is 16.8. The molecule has 1 rings (SSSR count). The standard InChI is InChI=1S/C11H17N3O2/c12-8-10(9-13-4-7-15)11(16)14-5-2-1-3-6-14/h9,13,15H,1-7H2/b10-9-. The van der Waals surface area contributed by atoms with Gasteiger partial charge < -0.3 is 15.3 Å². The summed E-state index contributed by atoms with van der Waals surface area (Å²) in [6.07, 6.45) is 4.55. The summed E-state index contributed by atoms with van der Waals surface area (Å²) in [6.45, 7) is 1.79. The highest BCUT2D eigenvalue weighted by atomic mass is 16.3. The zero-order chi connectivity index (χ0) is 11.8. The lowest BCUT2D eigenvalue weighted by atomic mass is 10.1. The van der Waals surface area contributed by atoms with E-state index in [1.165, 1.54) is 6.20 Å². The van der Waals surface area contributed by atoms with E-state index in [4.69, 9.17) is 10.4 Å². The Labute approximate surface area is 95.4 Å². The molecule has 1 aliphatic rings. The van der Waals surface area contributed by atoms with Crippen LogP contribution >= 0.6 is 0 Å². The number of carbonyl (C=O) groups excluding carboxylic acids is 1. The Morgan fingerprint density at radius 2 is 2.12 bits per heavy atom. The van der Waals surface area contributed by atoms with Crippen molar-refractivity contribution in [1.82, 2.24) is 10.2 Å². The molecule has 0 aromatic carbocycles. The Kier molecular flexibility index (Phi) is 5.37. The number of nitrogens with zero attached hydrogens (tertiary/aromatic N) is 2. The molecule has 1 amide bonds. The number of aliphatic hydroxyl groups is 1. The fourth-order valence-corrected chi connectivity index (χ4v) is 1.65. The van der Waals surface area contributed by atoms with Crippen LogP contribution < -0.4 is 5.32 Å². The molecular formula is C11H17N3O2. The number of nitrogens with one attached hydrogen (secondary N) is 1. The molecule has 16 heavy (non-hydrogen) atoms. The molecule has 0 atom stereocenters. The van der Waals surface area contributed by atoms with Crippen LogP contribution in [0.4, 0.5) is 0 Å². The minimum absolute atomic E-state index is 0.0207. The zero-order valence-corrected chi connectivity index (χ0v) is 9.28. The first kappa shape index (κ1) is 12.5. The number of likely N-dealkylation sites (tertiary alicyclic amines) is 1. The highest BCUT2D eigenvalue weighted by molar-refractivity contribution is 5.97. The quantitative estimate of drug-likeness (QED) is 0.399. The van der Waals surface area contributed by atoms with Crippen molar-refractivity contribution in [2.24, 2.45) is 0 Å². The van der Waals surface area contributed by atoms with Gasteiger partial charge in [-0.05, 0) is 19.3 Å². The van der Waals surface area contributed by atoms with Crippen molar-refractivity contribution in [3.8, 4) is 6.07 Å². The fourth-order valence-electron chi connectivity index (χ4n) is 1.65. The maximum Gasteiger partial charge on any atom is 0.265 e. The van der Waals surface area contributed by atoms with E-state index >= 15 is 0 Å². The Morgan fingerprint density at radius 3 is 2.69 bits per heavy atom. The minimum atomic E-state index is -0.215. The monoisotopic (exact) mass is 223 g/mol. The van der Waals surface area contributed by atoms with Crippen LogP contribution in [-0.2, 0) is 4.79 Å². The number of piperidine rings is 1. The summed E-state index contributed by atoms with van der Waals surface area (Å²) in [5.74, 6) is -0.215. The average molecular weight is 223 g/mol. The third-order valence-electron chi connectivity index (χ3n) is 2.50. The van der Waals surface area contributed by atoms with E-state index in [1.54, 1.807) is 4.90 Å². The lowest BCUT2D eigenvalue weighted by molar-refractivity contribution is -0.127. The first-order valence-electron chi connectivity index (χ1n) is 5.53. The molecule has 0 unspecified atom stereocenters. The van der Waals surface area contributed by atoms with Crippen LogP contribution in [0.2, 0.25) is 0 Å². The third kappa shape index (κ3) is 3.55.